The van der Waals surface area contributed by atoms with Gasteiger partial charge in [0.15, 0.2) is 0 Å². The molecule has 0 bridgehead atoms. The molecule has 0 saturated carbocycles. The maximum absolute atomic E-state index is 2.08. The lowest BCUT2D eigenvalue weighted by atomic mass is 10.6. The summed E-state index contributed by atoms with van der Waals surface area (Å²) >= 11 is 0. The van der Waals surface area contributed by atoms with Crippen LogP contribution in [0.3, 0.4) is 0 Å². The Labute approximate surface area is 65.7 Å². The number of hydrogen-bond acceptors (Lipinski definition) is 0. The largest absolute Gasteiger partial charge is 0.337 e. The fourth-order valence-corrected chi connectivity index (χ4v) is 1.21. The highest BCUT2D eigenvalue weighted by molar-refractivity contribution is 5.25. The van der Waals surface area contributed by atoms with E-state index in [-0.39, 0.29) is 0 Å². The highest BCUT2D eigenvalue weighted by Crippen LogP contribution is 2.06. The Bertz CT molecular complexity index is 330. The van der Waals surface area contributed by atoms with Crippen LogP contribution < -0.4 is 0 Å². The van der Waals surface area contributed by atoms with Crippen LogP contribution in [0, 0.1) is 0 Å². The summed E-state index contributed by atoms with van der Waals surface area (Å²) in [5.41, 5.74) is 0. The molecule has 2 aromatic heterocycles. The second-order valence-corrected chi connectivity index (χ2v) is 2.57. The Morgan fingerprint density at radius 3 is 2.27 bits per heavy atom. The van der Waals surface area contributed by atoms with Crippen LogP contribution in [0.2, 0.25) is 0 Å². The molecule has 2 heteroatoms. The summed E-state index contributed by atoms with van der Waals surface area (Å²) in [6, 6.07) is 8.16. The van der Waals surface area contributed by atoms with Crippen molar-refractivity contribution < 1.29 is 0 Å². The Morgan fingerprint density at radius 1 is 1.00 bits per heavy atom. The van der Waals surface area contributed by atoms with Gasteiger partial charge in [-0.2, -0.15) is 0 Å². The molecule has 11 heavy (non-hydrogen) atoms. The third-order valence-electron chi connectivity index (χ3n) is 1.79. The molecule has 0 N–H and O–H groups in total. The van der Waals surface area contributed by atoms with Gasteiger partial charge < -0.3 is 9.13 Å². The van der Waals surface area contributed by atoms with Gasteiger partial charge in [0.25, 0.3) is 0 Å². The van der Waals surface area contributed by atoms with Crippen LogP contribution in [-0.2, 0) is 7.05 Å². The van der Waals surface area contributed by atoms with Crippen LogP contribution in [0.25, 0.3) is 5.82 Å². The predicted octanol–water partition coefficient (Wildman–Crippen LogP) is 1.82. The van der Waals surface area contributed by atoms with Gasteiger partial charge in [-0.3, -0.25) is 0 Å². The van der Waals surface area contributed by atoms with Crippen molar-refractivity contribution in [1.29, 1.82) is 0 Å². The summed E-state index contributed by atoms with van der Waals surface area (Å²) < 4.78 is 4.17. The summed E-state index contributed by atoms with van der Waals surface area (Å²) in [5, 5.41) is 0. The average molecular weight is 146 g/mol. The van der Waals surface area contributed by atoms with Crippen LogP contribution in [0.15, 0.2) is 42.9 Å². The minimum Gasteiger partial charge on any atom is -0.337 e. The zero-order valence-corrected chi connectivity index (χ0v) is 6.44. The van der Waals surface area contributed by atoms with E-state index >= 15 is 0 Å². The van der Waals surface area contributed by atoms with Gasteiger partial charge in [-0.1, -0.05) is 0 Å². The zero-order chi connectivity index (χ0) is 7.68. The van der Waals surface area contributed by atoms with Crippen molar-refractivity contribution in [3.05, 3.63) is 42.9 Å². The number of aromatic nitrogens is 2. The standard InChI is InChI=1S/C9H10N2/c1-10-6-4-5-9(10)11-7-2-3-8-11/h2-8H,1H3. The molecule has 0 spiro atoms. The van der Waals surface area contributed by atoms with E-state index in [1.165, 1.54) is 5.82 Å². The third kappa shape index (κ3) is 0.963. The Morgan fingerprint density at radius 2 is 1.73 bits per heavy atom. The summed E-state index contributed by atoms with van der Waals surface area (Å²) in [5.74, 6) is 1.19. The van der Waals surface area contributed by atoms with E-state index in [0.29, 0.717) is 0 Å². The minimum absolute atomic E-state index is 1.19. The molecule has 0 unspecified atom stereocenters. The van der Waals surface area contributed by atoms with Crippen LogP contribution in [0.1, 0.15) is 0 Å². The molecule has 0 fully saturated rings. The van der Waals surface area contributed by atoms with Crippen LogP contribution >= 0.6 is 0 Å². The Hall–Kier alpha value is -1.44. The van der Waals surface area contributed by atoms with Crippen molar-refractivity contribution in [3.8, 4) is 5.82 Å². The van der Waals surface area contributed by atoms with Gasteiger partial charge in [-0.05, 0) is 24.3 Å². The molecule has 2 nitrogen and oxygen atoms in total. The first-order valence-electron chi connectivity index (χ1n) is 3.62. The zero-order valence-electron chi connectivity index (χ0n) is 6.44. The second kappa shape index (κ2) is 2.31. The van der Waals surface area contributed by atoms with Crippen LogP contribution in [0.5, 0.6) is 0 Å². The lowest BCUT2D eigenvalue weighted by Gasteiger charge is -2.02. The van der Waals surface area contributed by atoms with Crippen molar-refractivity contribution in [2.75, 3.05) is 0 Å². The third-order valence-corrected chi connectivity index (χ3v) is 1.79. The maximum atomic E-state index is 2.08. The number of aryl methyl sites for hydroxylation is 1. The molecule has 2 rings (SSSR count). The molecule has 2 aromatic rings. The molecular weight excluding hydrogens is 136 g/mol. The molecule has 0 saturated heterocycles. The Balaban J connectivity index is 2.53. The minimum atomic E-state index is 1.19. The van der Waals surface area contributed by atoms with Gasteiger partial charge >= 0.3 is 0 Å². The fourth-order valence-electron chi connectivity index (χ4n) is 1.21. The molecule has 56 valence electrons. The van der Waals surface area contributed by atoms with E-state index in [9.17, 15) is 0 Å². The van der Waals surface area contributed by atoms with E-state index in [0.717, 1.165) is 0 Å². The smallest absolute Gasteiger partial charge is 0.116 e. The molecule has 2 heterocycles. The van der Waals surface area contributed by atoms with Gasteiger partial charge in [-0.25, -0.2) is 0 Å². The second-order valence-electron chi connectivity index (χ2n) is 2.57. The highest BCUT2D eigenvalue weighted by Gasteiger charge is 1.95. The molecule has 0 aliphatic rings. The van der Waals surface area contributed by atoms with Crippen molar-refractivity contribution in [3.63, 3.8) is 0 Å². The summed E-state index contributed by atoms with van der Waals surface area (Å²) in [6.07, 6.45) is 6.11. The molecular formula is C9H10N2. The summed E-state index contributed by atoms with van der Waals surface area (Å²) in [4.78, 5) is 0. The summed E-state index contributed by atoms with van der Waals surface area (Å²) in [6.45, 7) is 0. The maximum Gasteiger partial charge on any atom is 0.116 e. The average Bonchev–Trinajstić information content (AvgIpc) is 2.55. The quantitative estimate of drug-likeness (QED) is 0.580. The van der Waals surface area contributed by atoms with E-state index in [4.69, 9.17) is 0 Å². The molecule has 0 aliphatic carbocycles. The molecule has 0 radical (unpaired) electrons. The predicted molar refractivity (Wildman–Crippen MR) is 44.7 cm³/mol. The number of rotatable bonds is 1. The van der Waals surface area contributed by atoms with Crippen LogP contribution in [-0.4, -0.2) is 9.13 Å². The van der Waals surface area contributed by atoms with Gasteiger partial charge in [0.05, 0.1) is 0 Å². The van der Waals surface area contributed by atoms with Crippen LogP contribution in [0.4, 0.5) is 0 Å². The van der Waals surface area contributed by atoms with Gasteiger partial charge in [-0.15, -0.1) is 0 Å². The van der Waals surface area contributed by atoms with E-state index in [1.807, 2.05) is 43.8 Å². The molecule has 0 aliphatic heterocycles. The first-order valence-corrected chi connectivity index (χ1v) is 3.62. The first kappa shape index (κ1) is 6.28. The SMILES string of the molecule is Cn1cccc1-n1cccc1. The topological polar surface area (TPSA) is 9.86 Å². The molecule has 0 atom stereocenters. The van der Waals surface area contributed by atoms with Crippen molar-refractivity contribution in [2.45, 2.75) is 0 Å². The van der Waals surface area contributed by atoms with Crippen molar-refractivity contribution in [1.82, 2.24) is 9.13 Å². The first-order chi connectivity index (χ1) is 5.38. The van der Waals surface area contributed by atoms with Gasteiger partial charge in [0.1, 0.15) is 5.82 Å². The highest BCUT2D eigenvalue weighted by atomic mass is 15.1. The number of nitrogens with zero attached hydrogens (tertiary/aromatic N) is 2. The lowest BCUT2D eigenvalue weighted by Crippen LogP contribution is -1.96. The van der Waals surface area contributed by atoms with Crippen molar-refractivity contribution in [2.24, 2.45) is 7.05 Å². The lowest BCUT2D eigenvalue weighted by molar-refractivity contribution is 0.847. The van der Waals surface area contributed by atoms with E-state index in [1.54, 1.807) is 0 Å². The van der Waals surface area contributed by atoms with E-state index in [2.05, 4.69) is 15.2 Å². The summed E-state index contributed by atoms with van der Waals surface area (Å²) in [7, 11) is 2.04. The Kier molecular flexibility index (Phi) is 1.32. The normalized spacial score (nSPS) is 10.3. The molecule has 0 aromatic carbocycles. The van der Waals surface area contributed by atoms with E-state index < -0.39 is 0 Å². The number of hydrogen-bond donors (Lipinski definition) is 0. The van der Waals surface area contributed by atoms with Gasteiger partial charge in [0.2, 0.25) is 0 Å². The van der Waals surface area contributed by atoms with Gasteiger partial charge in [0, 0.05) is 25.6 Å². The van der Waals surface area contributed by atoms with Crippen molar-refractivity contribution >= 4 is 0 Å². The molecule has 0 amide bonds. The fraction of sp³-hybridized carbons (Fsp3) is 0.111. The monoisotopic (exact) mass is 146 g/mol.